The van der Waals surface area contributed by atoms with Crippen LogP contribution < -0.4 is 5.32 Å². The van der Waals surface area contributed by atoms with Gasteiger partial charge in [0.1, 0.15) is 0 Å². The molecule has 0 aliphatic carbocycles. The first kappa shape index (κ1) is 11.0. The zero-order valence-corrected chi connectivity index (χ0v) is 10.3. The second-order valence-corrected chi connectivity index (χ2v) is 4.67. The smallest absolute Gasteiger partial charge is 0.230 e. The zero-order valence-electron chi connectivity index (χ0n) is 9.51. The highest BCUT2D eigenvalue weighted by atomic mass is 32.1. The highest BCUT2D eigenvalue weighted by Gasteiger charge is 2.08. The van der Waals surface area contributed by atoms with Crippen LogP contribution in [0, 0.1) is 0 Å². The standard InChI is InChI=1S/C13H11N3OS/c17-13(6-9-7-18-8-15-9)16-12-3-1-2-11-10(12)4-5-14-11/h1-5,7-8,14H,6H2,(H,16,17). The van der Waals surface area contributed by atoms with Gasteiger partial charge in [0.25, 0.3) is 0 Å². The molecule has 0 saturated heterocycles. The number of hydrogen-bond acceptors (Lipinski definition) is 3. The monoisotopic (exact) mass is 257 g/mol. The Kier molecular flexibility index (Phi) is 2.82. The maximum atomic E-state index is 11.9. The molecule has 0 spiro atoms. The number of amides is 1. The van der Waals surface area contributed by atoms with E-state index in [0.29, 0.717) is 6.42 Å². The van der Waals surface area contributed by atoms with Gasteiger partial charge in [0.05, 0.1) is 23.3 Å². The van der Waals surface area contributed by atoms with E-state index in [1.54, 1.807) is 5.51 Å². The Bertz CT molecular complexity index is 672. The van der Waals surface area contributed by atoms with Crippen molar-refractivity contribution in [1.82, 2.24) is 9.97 Å². The number of fused-ring (bicyclic) bond motifs is 1. The number of aromatic amines is 1. The number of nitrogens with zero attached hydrogens (tertiary/aromatic N) is 1. The molecule has 0 radical (unpaired) electrons. The quantitative estimate of drug-likeness (QED) is 0.758. The van der Waals surface area contributed by atoms with Crippen molar-refractivity contribution in [2.24, 2.45) is 0 Å². The number of aromatic nitrogens is 2. The summed E-state index contributed by atoms with van der Waals surface area (Å²) in [6.07, 6.45) is 2.17. The van der Waals surface area contributed by atoms with Gasteiger partial charge in [-0.1, -0.05) is 6.07 Å². The van der Waals surface area contributed by atoms with Crippen LogP contribution in [0.15, 0.2) is 41.4 Å². The minimum absolute atomic E-state index is 0.0467. The molecular weight excluding hydrogens is 246 g/mol. The van der Waals surface area contributed by atoms with Crippen molar-refractivity contribution in [3.05, 3.63) is 47.0 Å². The molecule has 5 heteroatoms. The summed E-state index contributed by atoms with van der Waals surface area (Å²) in [5.41, 5.74) is 4.38. The first-order valence-corrected chi connectivity index (χ1v) is 6.50. The van der Waals surface area contributed by atoms with Crippen LogP contribution in [0.4, 0.5) is 5.69 Å². The molecule has 4 nitrogen and oxygen atoms in total. The fourth-order valence-corrected chi connectivity index (χ4v) is 2.44. The summed E-state index contributed by atoms with van der Waals surface area (Å²) >= 11 is 1.50. The topological polar surface area (TPSA) is 57.8 Å². The summed E-state index contributed by atoms with van der Waals surface area (Å²) in [5.74, 6) is -0.0467. The highest BCUT2D eigenvalue weighted by Crippen LogP contribution is 2.22. The van der Waals surface area contributed by atoms with Crippen molar-refractivity contribution < 1.29 is 4.79 Å². The van der Waals surface area contributed by atoms with Crippen molar-refractivity contribution in [2.75, 3.05) is 5.32 Å². The third kappa shape index (κ3) is 2.12. The molecule has 0 bridgehead atoms. The van der Waals surface area contributed by atoms with Crippen molar-refractivity contribution in [1.29, 1.82) is 0 Å². The Hall–Kier alpha value is -2.14. The van der Waals surface area contributed by atoms with Crippen molar-refractivity contribution in [3.8, 4) is 0 Å². The van der Waals surface area contributed by atoms with Gasteiger partial charge in [-0.05, 0) is 18.2 Å². The summed E-state index contributed by atoms with van der Waals surface area (Å²) in [6, 6.07) is 7.74. The summed E-state index contributed by atoms with van der Waals surface area (Å²) in [4.78, 5) is 19.1. The minimum atomic E-state index is -0.0467. The maximum absolute atomic E-state index is 11.9. The number of hydrogen-bond donors (Lipinski definition) is 2. The number of carbonyl (C=O) groups is 1. The summed E-state index contributed by atoms with van der Waals surface area (Å²) in [7, 11) is 0. The third-order valence-corrected chi connectivity index (χ3v) is 3.33. The molecule has 1 amide bonds. The van der Waals surface area contributed by atoms with Crippen LogP contribution in [0.3, 0.4) is 0 Å². The van der Waals surface area contributed by atoms with E-state index in [1.807, 2.05) is 35.8 Å². The van der Waals surface area contributed by atoms with Crippen LogP contribution in [-0.2, 0) is 11.2 Å². The molecule has 2 aromatic heterocycles. The molecule has 3 rings (SSSR count). The van der Waals surface area contributed by atoms with Crippen LogP contribution in [-0.4, -0.2) is 15.9 Å². The third-order valence-electron chi connectivity index (χ3n) is 2.69. The molecule has 1 aromatic carbocycles. The molecule has 0 fully saturated rings. The predicted molar refractivity (Wildman–Crippen MR) is 72.7 cm³/mol. The molecule has 0 atom stereocenters. The first-order chi connectivity index (χ1) is 8.83. The van der Waals surface area contributed by atoms with Gasteiger partial charge in [-0.25, -0.2) is 4.98 Å². The number of H-pyrrole nitrogens is 1. The highest BCUT2D eigenvalue weighted by molar-refractivity contribution is 7.07. The molecule has 2 N–H and O–H groups in total. The van der Waals surface area contributed by atoms with Gasteiger partial charge in [0, 0.05) is 22.5 Å². The van der Waals surface area contributed by atoms with Crippen molar-refractivity contribution in [2.45, 2.75) is 6.42 Å². The second-order valence-electron chi connectivity index (χ2n) is 3.95. The van der Waals surface area contributed by atoms with Gasteiger partial charge in [-0.2, -0.15) is 0 Å². The Morgan fingerprint density at radius 2 is 2.33 bits per heavy atom. The lowest BCUT2D eigenvalue weighted by Crippen LogP contribution is -2.14. The normalized spacial score (nSPS) is 10.7. The van der Waals surface area contributed by atoms with Crippen molar-refractivity contribution in [3.63, 3.8) is 0 Å². The number of thiazole rings is 1. The van der Waals surface area contributed by atoms with E-state index >= 15 is 0 Å². The molecule has 0 unspecified atom stereocenters. The van der Waals surface area contributed by atoms with Gasteiger partial charge < -0.3 is 10.3 Å². The molecule has 2 heterocycles. The summed E-state index contributed by atoms with van der Waals surface area (Å²) < 4.78 is 0. The largest absolute Gasteiger partial charge is 0.361 e. The van der Waals surface area contributed by atoms with Crippen LogP contribution in [0.5, 0.6) is 0 Å². The lowest BCUT2D eigenvalue weighted by atomic mass is 10.2. The van der Waals surface area contributed by atoms with E-state index in [1.165, 1.54) is 11.3 Å². The number of anilines is 1. The lowest BCUT2D eigenvalue weighted by Gasteiger charge is -2.05. The molecular formula is C13H11N3OS. The average molecular weight is 257 g/mol. The Balaban J connectivity index is 1.80. The molecule has 18 heavy (non-hydrogen) atoms. The number of nitrogens with one attached hydrogen (secondary N) is 2. The van der Waals surface area contributed by atoms with Crippen LogP contribution in [0.1, 0.15) is 5.69 Å². The van der Waals surface area contributed by atoms with E-state index in [0.717, 1.165) is 22.3 Å². The molecule has 0 aliphatic rings. The predicted octanol–water partition coefficient (Wildman–Crippen LogP) is 2.81. The van der Waals surface area contributed by atoms with Crippen molar-refractivity contribution >= 4 is 33.8 Å². The maximum Gasteiger partial charge on any atom is 0.230 e. The summed E-state index contributed by atoms with van der Waals surface area (Å²) in [5, 5.41) is 5.82. The number of rotatable bonds is 3. The number of benzene rings is 1. The Labute approximate surface area is 108 Å². The van der Waals surface area contributed by atoms with E-state index < -0.39 is 0 Å². The zero-order chi connectivity index (χ0) is 12.4. The van der Waals surface area contributed by atoms with Gasteiger partial charge in [-0.15, -0.1) is 11.3 Å². The van der Waals surface area contributed by atoms with Gasteiger partial charge >= 0.3 is 0 Å². The lowest BCUT2D eigenvalue weighted by molar-refractivity contribution is -0.115. The molecule has 90 valence electrons. The van der Waals surface area contributed by atoms with Crippen LogP contribution in [0.25, 0.3) is 10.9 Å². The average Bonchev–Trinajstić information content (AvgIpc) is 2.99. The Morgan fingerprint density at radius 1 is 1.39 bits per heavy atom. The Morgan fingerprint density at radius 3 is 3.17 bits per heavy atom. The van der Waals surface area contributed by atoms with E-state index in [4.69, 9.17) is 0 Å². The fourth-order valence-electron chi connectivity index (χ4n) is 1.88. The van der Waals surface area contributed by atoms with Gasteiger partial charge in [0.15, 0.2) is 0 Å². The van der Waals surface area contributed by atoms with E-state index in [2.05, 4.69) is 15.3 Å². The van der Waals surface area contributed by atoms with Gasteiger partial charge in [-0.3, -0.25) is 4.79 Å². The molecule has 0 saturated carbocycles. The fraction of sp³-hybridized carbons (Fsp3) is 0.0769. The number of carbonyl (C=O) groups excluding carboxylic acids is 1. The first-order valence-electron chi connectivity index (χ1n) is 5.56. The summed E-state index contributed by atoms with van der Waals surface area (Å²) in [6.45, 7) is 0. The molecule has 3 aromatic rings. The van der Waals surface area contributed by atoms with Crippen LogP contribution in [0.2, 0.25) is 0 Å². The molecule has 0 aliphatic heterocycles. The van der Waals surface area contributed by atoms with E-state index in [-0.39, 0.29) is 5.91 Å². The van der Waals surface area contributed by atoms with Gasteiger partial charge in [0.2, 0.25) is 5.91 Å². The SMILES string of the molecule is O=C(Cc1cscn1)Nc1cccc2[nH]ccc12. The van der Waals surface area contributed by atoms with Crippen LogP contribution >= 0.6 is 11.3 Å². The van der Waals surface area contributed by atoms with E-state index in [9.17, 15) is 4.79 Å². The minimum Gasteiger partial charge on any atom is -0.361 e. The second kappa shape index (κ2) is 4.62.